The van der Waals surface area contributed by atoms with E-state index in [4.69, 9.17) is 10.2 Å². The molecule has 0 aliphatic rings. The molecule has 0 amide bonds. The molecule has 0 saturated heterocycles. The summed E-state index contributed by atoms with van der Waals surface area (Å²) < 4.78 is 1.64. The molecule has 108 valence electrons. The summed E-state index contributed by atoms with van der Waals surface area (Å²) in [6.07, 6.45) is 2.96. The molecule has 0 aliphatic heterocycles. The average Bonchev–Trinajstić information content (AvgIpc) is 2.79. The second-order valence-corrected chi connectivity index (χ2v) is 4.95. The van der Waals surface area contributed by atoms with Gasteiger partial charge in [-0.1, -0.05) is 19.1 Å². The zero-order chi connectivity index (χ0) is 14.3. The molecule has 1 aromatic heterocycles. The van der Waals surface area contributed by atoms with Crippen molar-refractivity contribution in [1.82, 2.24) is 20.3 Å². The van der Waals surface area contributed by atoms with E-state index in [2.05, 4.69) is 15.6 Å². The molecule has 0 aliphatic carbocycles. The molecule has 0 bridgehead atoms. The maximum Gasteiger partial charge on any atom is 0.320 e. The maximum atomic E-state index is 11.1. The number of nitrogens with one attached hydrogen (secondary N) is 1. The van der Waals surface area contributed by atoms with Gasteiger partial charge in [0.2, 0.25) is 0 Å². The molecule has 1 atom stereocenters. The van der Waals surface area contributed by atoms with E-state index in [1.165, 1.54) is 0 Å². The molecule has 0 spiro atoms. The van der Waals surface area contributed by atoms with Crippen molar-refractivity contribution in [1.29, 1.82) is 0 Å². The molecule has 1 rings (SSSR count). The van der Waals surface area contributed by atoms with Crippen LogP contribution in [0.15, 0.2) is 6.20 Å². The highest BCUT2D eigenvalue weighted by Crippen LogP contribution is 2.06. The summed E-state index contributed by atoms with van der Waals surface area (Å²) in [6, 6.07) is -0.567. The highest BCUT2D eigenvalue weighted by atomic mass is 16.4. The number of carbonyl (C=O) groups is 1. The fourth-order valence-corrected chi connectivity index (χ4v) is 1.73. The summed E-state index contributed by atoms with van der Waals surface area (Å²) >= 11 is 0. The van der Waals surface area contributed by atoms with Crippen LogP contribution in [0.2, 0.25) is 0 Å². The van der Waals surface area contributed by atoms with E-state index in [9.17, 15) is 4.79 Å². The van der Waals surface area contributed by atoms with Crippen molar-refractivity contribution >= 4 is 5.97 Å². The van der Waals surface area contributed by atoms with Gasteiger partial charge in [-0.05, 0) is 18.8 Å². The Balaban J connectivity index is 2.45. The Morgan fingerprint density at radius 3 is 2.84 bits per heavy atom. The van der Waals surface area contributed by atoms with E-state index in [1.54, 1.807) is 10.9 Å². The SMILES string of the molecule is CC(C)CC(NCc1cn(CCCO)nn1)C(=O)O. The van der Waals surface area contributed by atoms with Gasteiger partial charge in [0.15, 0.2) is 0 Å². The number of aromatic nitrogens is 3. The first-order chi connectivity index (χ1) is 9.02. The summed E-state index contributed by atoms with van der Waals surface area (Å²) in [5.41, 5.74) is 0.702. The fourth-order valence-electron chi connectivity index (χ4n) is 1.73. The molecule has 3 N–H and O–H groups in total. The number of aliphatic carboxylic acids is 1. The third-order valence-corrected chi connectivity index (χ3v) is 2.67. The first-order valence-electron chi connectivity index (χ1n) is 6.49. The molecule has 1 aromatic rings. The van der Waals surface area contributed by atoms with E-state index in [0.717, 1.165) is 0 Å². The lowest BCUT2D eigenvalue weighted by Crippen LogP contribution is -2.37. The Labute approximate surface area is 112 Å². The molecule has 0 radical (unpaired) electrons. The minimum atomic E-state index is -0.846. The van der Waals surface area contributed by atoms with Crippen LogP contribution in [0.1, 0.15) is 32.4 Å². The molecule has 7 nitrogen and oxygen atoms in total. The normalized spacial score (nSPS) is 12.8. The van der Waals surface area contributed by atoms with Crippen molar-refractivity contribution in [3.05, 3.63) is 11.9 Å². The summed E-state index contributed by atoms with van der Waals surface area (Å²) in [7, 11) is 0. The smallest absolute Gasteiger partial charge is 0.320 e. The predicted octanol–water partition coefficient (Wildman–Crippen LogP) is 0.249. The van der Waals surface area contributed by atoms with Crippen molar-refractivity contribution in [2.24, 2.45) is 5.92 Å². The van der Waals surface area contributed by atoms with E-state index in [0.29, 0.717) is 37.5 Å². The zero-order valence-corrected chi connectivity index (χ0v) is 11.4. The highest BCUT2D eigenvalue weighted by molar-refractivity contribution is 5.73. The largest absolute Gasteiger partial charge is 0.480 e. The molecule has 1 unspecified atom stereocenters. The number of rotatable bonds is 9. The van der Waals surface area contributed by atoms with Crippen LogP contribution in [-0.2, 0) is 17.9 Å². The number of aryl methyl sites for hydroxylation is 1. The Kier molecular flexibility index (Phi) is 6.44. The van der Waals surface area contributed by atoms with E-state index >= 15 is 0 Å². The van der Waals surface area contributed by atoms with Crippen LogP contribution in [0.4, 0.5) is 0 Å². The van der Waals surface area contributed by atoms with Gasteiger partial charge in [0, 0.05) is 25.9 Å². The number of hydrogen-bond acceptors (Lipinski definition) is 5. The molecular formula is C12H22N4O3. The number of hydrogen-bond donors (Lipinski definition) is 3. The number of carboxylic acids is 1. The van der Waals surface area contributed by atoms with Crippen molar-refractivity contribution in [2.75, 3.05) is 6.61 Å². The third kappa shape index (κ3) is 5.80. The number of carboxylic acid groups (broad SMARTS) is 1. The second-order valence-electron chi connectivity index (χ2n) is 4.95. The molecule has 0 saturated carbocycles. The topological polar surface area (TPSA) is 100 Å². The summed E-state index contributed by atoms with van der Waals surface area (Å²) in [6.45, 7) is 5.08. The van der Waals surface area contributed by atoms with Crippen molar-refractivity contribution in [3.63, 3.8) is 0 Å². The van der Waals surface area contributed by atoms with Crippen molar-refractivity contribution < 1.29 is 15.0 Å². The van der Waals surface area contributed by atoms with Gasteiger partial charge >= 0.3 is 5.97 Å². The Bertz CT molecular complexity index is 392. The van der Waals surface area contributed by atoms with Crippen LogP contribution in [0, 0.1) is 5.92 Å². The van der Waals surface area contributed by atoms with Crippen LogP contribution < -0.4 is 5.32 Å². The van der Waals surface area contributed by atoms with Crippen LogP contribution >= 0.6 is 0 Å². The van der Waals surface area contributed by atoms with Gasteiger partial charge in [-0.3, -0.25) is 14.8 Å². The zero-order valence-electron chi connectivity index (χ0n) is 11.4. The van der Waals surface area contributed by atoms with Gasteiger partial charge in [-0.2, -0.15) is 0 Å². The molecule has 7 heteroatoms. The number of nitrogens with zero attached hydrogens (tertiary/aromatic N) is 3. The van der Waals surface area contributed by atoms with Gasteiger partial charge in [0.05, 0.1) is 5.69 Å². The van der Waals surface area contributed by atoms with Gasteiger partial charge in [-0.15, -0.1) is 5.10 Å². The van der Waals surface area contributed by atoms with Gasteiger partial charge in [-0.25, -0.2) is 0 Å². The average molecular weight is 270 g/mol. The van der Waals surface area contributed by atoms with Gasteiger partial charge < -0.3 is 10.2 Å². The lowest BCUT2D eigenvalue weighted by Gasteiger charge is -2.15. The number of aliphatic hydroxyl groups is 1. The first-order valence-corrected chi connectivity index (χ1v) is 6.49. The van der Waals surface area contributed by atoms with Crippen molar-refractivity contribution in [2.45, 2.75) is 45.8 Å². The Hall–Kier alpha value is -1.47. The van der Waals surface area contributed by atoms with Gasteiger partial charge in [0.1, 0.15) is 6.04 Å². The van der Waals surface area contributed by atoms with Crippen LogP contribution in [0.5, 0.6) is 0 Å². The summed E-state index contributed by atoms with van der Waals surface area (Å²) in [5, 5.41) is 28.6. The van der Waals surface area contributed by atoms with Crippen molar-refractivity contribution in [3.8, 4) is 0 Å². The minimum Gasteiger partial charge on any atom is -0.480 e. The number of aliphatic hydroxyl groups excluding tert-OH is 1. The lowest BCUT2D eigenvalue weighted by atomic mass is 10.0. The predicted molar refractivity (Wildman–Crippen MR) is 69.4 cm³/mol. The minimum absolute atomic E-state index is 0.114. The quantitative estimate of drug-likeness (QED) is 0.594. The van der Waals surface area contributed by atoms with E-state index in [1.807, 2.05) is 13.8 Å². The standard InChI is InChI=1S/C12H22N4O3/c1-9(2)6-11(12(18)19)13-7-10-8-16(15-14-10)4-3-5-17/h8-9,11,13,17H,3-7H2,1-2H3,(H,18,19). The Morgan fingerprint density at radius 2 is 2.26 bits per heavy atom. The summed E-state index contributed by atoms with van der Waals surface area (Å²) in [5.74, 6) is -0.532. The highest BCUT2D eigenvalue weighted by Gasteiger charge is 2.18. The second kappa shape index (κ2) is 7.85. The van der Waals surface area contributed by atoms with Gasteiger partial charge in [0.25, 0.3) is 0 Å². The van der Waals surface area contributed by atoms with E-state index in [-0.39, 0.29) is 6.61 Å². The monoisotopic (exact) mass is 270 g/mol. The fraction of sp³-hybridized carbons (Fsp3) is 0.750. The Morgan fingerprint density at radius 1 is 1.53 bits per heavy atom. The molecule has 0 aromatic carbocycles. The first kappa shape index (κ1) is 15.6. The van der Waals surface area contributed by atoms with Crippen LogP contribution in [0.25, 0.3) is 0 Å². The maximum absolute atomic E-state index is 11.1. The molecular weight excluding hydrogens is 248 g/mol. The third-order valence-electron chi connectivity index (χ3n) is 2.67. The van der Waals surface area contributed by atoms with Crippen LogP contribution in [0.3, 0.4) is 0 Å². The molecule has 19 heavy (non-hydrogen) atoms. The lowest BCUT2D eigenvalue weighted by molar-refractivity contribution is -0.140. The molecule has 1 heterocycles. The van der Waals surface area contributed by atoms with E-state index < -0.39 is 12.0 Å². The summed E-state index contributed by atoms with van der Waals surface area (Å²) in [4.78, 5) is 11.1. The van der Waals surface area contributed by atoms with Crippen LogP contribution in [-0.4, -0.2) is 43.8 Å². The molecule has 0 fully saturated rings.